The van der Waals surface area contributed by atoms with Gasteiger partial charge in [-0.15, -0.1) is 0 Å². The standard InChI is InChI=1S/C20H36O2Si/c1-3-15-21-23(22-16-4-2)17-20(18-11-7-5-8-12-18)19-13-9-6-10-14-19/h11,13,20,23H,3-10,12,14-17H2,1-2H3. The molecular formula is C20H36O2Si. The highest BCUT2D eigenvalue weighted by atomic mass is 28.3. The van der Waals surface area contributed by atoms with Gasteiger partial charge in [0.1, 0.15) is 0 Å². The Bertz CT molecular complexity index is 355. The van der Waals surface area contributed by atoms with Gasteiger partial charge in [0.25, 0.3) is 0 Å². The second-order valence-electron chi connectivity index (χ2n) is 7.01. The summed E-state index contributed by atoms with van der Waals surface area (Å²) in [5, 5.41) is 0. The van der Waals surface area contributed by atoms with Crippen LogP contribution in [0, 0.1) is 5.92 Å². The van der Waals surface area contributed by atoms with Crippen LogP contribution in [0.25, 0.3) is 0 Å². The molecule has 0 saturated heterocycles. The fourth-order valence-electron chi connectivity index (χ4n) is 3.78. The van der Waals surface area contributed by atoms with Gasteiger partial charge in [0, 0.05) is 19.1 Å². The Morgan fingerprint density at radius 3 is 1.78 bits per heavy atom. The van der Waals surface area contributed by atoms with E-state index in [4.69, 9.17) is 8.85 Å². The quantitative estimate of drug-likeness (QED) is 0.377. The highest BCUT2D eigenvalue weighted by Gasteiger charge is 2.27. The number of allylic oxidation sites excluding steroid dienone is 4. The molecule has 2 aliphatic rings. The first-order chi connectivity index (χ1) is 11.3. The molecule has 0 atom stereocenters. The maximum atomic E-state index is 6.17. The van der Waals surface area contributed by atoms with Gasteiger partial charge in [-0.1, -0.05) is 37.1 Å². The normalized spacial score (nSPS) is 19.1. The van der Waals surface area contributed by atoms with Gasteiger partial charge in [0.15, 0.2) is 0 Å². The van der Waals surface area contributed by atoms with Crippen LogP contribution in [0.15, 0.2) is 23.3 Å². The van der Waals surface area contributed by atoms with E-state index in [1.807, 2.05) is 0 Å². The van der Waals surface area contributed by atoms with E-state index >= 15 is 0 Å². The monoisotopic (exact) mass is 336 g/mol. The summed E-state index contributed by atoms with van der Waals surface area (Å²) >= 11 is 0. The van der Waals surface area contributed by atoms with E-state index in [-0.39, 0.29) is 0 Å². The molecule has 2 nitrogen and oxygen atoms in total. The van der Waals surface area contributed by atoms with Gasteiger partial charge in [0.2, 0.25) is 0 Å². The fraction of sp³-hybridized carbons (Fsp3) is 0.800. The zero-order valence-electron chi connectivity index (χ0n) is 15.3. The van der Waals surface area contributed by atoms with E-state index < -0.39 is 9.28 Å². The zero-order chi connectivity index (χ0) is 16.3. The van der Waals surface area contributed by atoms with Crippen LogP contribution >= 0.6 is 0 Å². The van der Waals surface area contributed by atoms with Crippen LogP contribution in [0.2, 0.25) is 6.04 Å². The van der Waals surface area contributed by atoms with Crippen molar-refractivity contribution in [3.63, 3.8) is 0 Å². The summed E-state index contributed by atoms with van der Waals surface area (Å²) < 4.78 is 12.3. The van der Waals surface area contributed by atoms with Crippen molar-refractivity contribution < 1.29 is 8.85 Å². The predicted molar refractivity (Wildman–Crippen MR) is 101 cm³/mol. The van der Waals surface area contributed by atoms with Crippen LogP contribution in [-0.4, -0.2) is 22.5 Å². The second-order valence-corrected chi connectivity index (χ2v) is 9.01. The molecule has 0 radical (unpaired) electrons. The molecule has 0 spiro atoms. The maximum absolute atomic E-state index is 6.17. The van der Waals surface area contributed by atoms with Crippen molar-refractivity contribution in [3.05, 3.63) is 23.3 Å². The van der Waals surface area contributed by atoms with Gasteiger partial charge in [-0.2, -0.15) is 0 Å². The maximum Gasteiger partial charge on any atom is 0.322 e. The van der Waals surface area contributed by atoms with Crippen LogP contribution in [0.1, 0.15) is 78.1 Å². The number of rotatable bonds is 10. The first-order valence-corrected chi connectivity index (χ1v) is 11.7. The summed E-state index contributed by atoms with van der Waals surface area (Å²) in [5.74, 6) is 0.626. The van der Waals surface area contributed by atoms with Gasteiger partial charge in [-0.05, 0) is 70.3 Å². The van der Waals surface area contributed by atoms with Gasteiger partial charge in [-0.3, -0.25) is 0 Å². The first-order valence-electron chi connectivity index (χ1n) is 9.96. The molecule has 0 N–H and O–H groups in total. The first kappa shape index (κ1) is 18.9. The molecule has 3 heteroatoms. The molecular weight excluding hydrogens is 300 g/mol. The van der Waals surface area contributed by atoms with Crippen molar-refractivity contribution >= 4 is 9.28 Å². The highest BCUT2D eigenvalue weighted by molar-refractivity contribution is 6.44. The van der Waals surface area contributed by atoms with Gasteiger partial charge in [-0.25, -0.2) is 0 Å². The van der Waals surface area contributed by atoms with Crippen molar-refractivity contribution in [3.8, 4) is 0 Å². The molecule has 0 amide bonds. The molecule has 0 heterocycles. The summed E-state index contributed by atoms with van der Waals surface area (Å²) in [6.45, 7) is 6.11. The minimum atomic E-state index is -1.55. The molecule has 0 aromatic heterocycles. The van der Waals surface area contributed by atoms with Crippen LogP contribution in [0.5, 0.6) is 0 Å². The number of hydrogen-bond acceptors (Lipinski definition) is 2. The highest BCUT2D eigenvalue weighted by Crippen LogP contribution is 2.37. The molecule has 2 aliphatic carbocycles. The lowest BCUT2D eigenvalue weighted by Gasteiger charge is -2.30. The third kappa shape index (κ3) is 6.56. The van der Waals surface area contributed by atoms with E-state index in [9.17, 15) is 0 Å². The molecule has 0 aromatic rings. The second kappa shape index (κ2) is 11.2. The van der Waals surface area contributed by atoms with Gasteiger partial charge >= 0.3 is 9.28 Å². The smallest absolute Gasteiger partial charge is 0.322 e. The molecule has 2 rings (SSSR count). The summed E-state index contributed by atoms with van der Waals surface area (Å²) in [4.78, 5) is 0. The lowest BCUT2D eigenvalue weighted by Crippen LogP contribution is -2.29. The Morgan fingerprint density at radius 1 is 0.870 bits per heavy atom. The Labute approximate surface area is 145 Å². The van der Waals surface area contributed by atoms with Crippen molar-refractivity contribution in [2.24, 2.45) is 5.92 Å². The van der Waals surface area contributed by atoms with Crippen molar-refractivity contribution in [1.29, 1.82) is 0 Å². The van der Waals surface area contributed by atoms with E-state index in [1.54, 1.807) is 11.1 Å². The van der Waals surface area contributed by atoms with E-state index in [0.29, 0.717) is 5.92 Å². The molecule has 0 bridgehead atoms. The average Bonchev–Trinajstić information content (AvgIpc) is 2.62. The van der Waals surface area contributed by atoms with Gasteiger partial charge < -0.3 is 8.85 Å². The van der Waals surface area contributed by atoms with Gasteiger partial charge in [0.05, 0.1) is 0 Å². The largest absolute Gasteiger partial charge is 0.397 e. The van der Waals surface area contributed by atoms with Crippen LogP contribution in [-0.2, 0) is 8.85 Å². The summed E-state index contributed by atoms with van der Waals surface area (Å²) in [6, 6.07) is 1.15. The molecule has 0 aliphatic heterocycles. The van der Waals surface area contributed by atoms with Crippen LogP contribution in [0.4, 0.5) is 0 Å². The van der Waals surface area contributed by atoms with E-state index in [0.717, 1.165) is 32.1 Å². The molecule has 23 heavy (non-hydrogen) atoms. The third-order valence-electron chi connectivity index (χ3n) is 4.99. The third-order valence-corrected chi connectivity index (χ3v) is 7.06. The van der Waals surface area contributed by atoms with Crippen molar-refractivity contribution in [2.45, 2.75) is 84.1 Å². The molecule has 0 aromatic carbocycles. The van der Waals surface area contributed by atoms with Crippen LogP contribution < -0.4 is 0 Å². The van der Waals surface area contributed by atoms with E-state index in [1.165, 1.54) is 51.4 Å². The van der Waals surface area contributed by atoms with E-state index in [2.05, 4.69) is 26.0 Å². The molecule has 0 unspecified atom stereocenters. The SMILES string of the molecule is CCCO[SiH](CC(C1=CCCCC1)C1=CCCCC1)OCCC. The minimum absolute atomic E-state index is 0.626. The summed E-state index contributed by atoms with van der Waals surface area (Å²) in [7, 11) is -1.55. The Hall–Kier alpha value is -0.383. The van der Waals surface area contributed by atoms with Crippen LogP contribution in [0.3, 0.4) is 0 Å². The lowest BCUT2D eigenvalue weighted by molar-refractivity contribution is 0.194. The Kier molecular flexibility index (Phi) is 9.24. The summed E-state index contributed by atoms with van der Waals surface area (Å²) in [6.07, 6.45) is 17.9. The zero-order valence-corrected chi connectivity index (χ0v) is 16.5. The van der Waals surface area contributed by atoms with Crippen molar-refractivity contribution in [1.82, 2.24) is 0 Å². The lowest BCUT2D eigenvalue weighted by atomic mass is 9.81. The van der Waals surface area contributed by atoms with Crippen molar-refractivity contribution in [2.75, 3.05) is 13.2 Å². The molecule has 0 fully saturated rings. The predicted octanol–water partition coefficient (Wildman–Crippen LogP) is 5.68. The fourth-order valence-corrected chi connectivity index (χ4v) is 6.13. The topological polar surface area (TPSA) is 18.5 Å². The minimum Gasteiger partial charge on any atom is -0.397 e. The summed E-state index contributed by atoms with van der Waals surface area (Å²) in [5.41, 5.74) is 3.39. The average molecular weight is 337 g/mol. The number of hydrogen-bond donors (Lipinski definition) is 0. The Balaban J connectivity index is 2.07. The molecule has 0 saturated carbocycles. The molecule has 132 valence electrons. The Morgan fingerprint density at radius 2 is 1.39 bits per heavy atom.